The number of hydrogen-bond donors (Lipinski definition) is 4. The summed E-state index contributed by atoms with van der Waals surface area (Å²) in [6.45, 7) is 1.58. The molecule has 0 saturated heterocycles. The second-order valence-electron chi connectivity index (χ2n) is 6.16. The molecule has 0 amide bonds. The van der Waals surface area contributed by atoms with Crippen molar-refractivity contribution in [1.29, 1.82) is 0 Å². The molecule has 2 aromatic rings. The molecule has 1 aliphatic heterocycles. The fourth-order valence-corrected chi connectivity index (χ4v) is 2.94. The first-order valence-corrected chi connectivity index (χ1v) is 9.09. The highest BCUT2D eigenvalue weighted by atomic mass is 16.5. The Kier molecular flexibility index (Phi) is 6.98. The van der Waals surface area contributed by atoms with E-state index in [2.05, 4.69) is 21.9 Å². The van der Waals surface area contributed by atoms with Gasteiger partial charge in [-0.15, -0.1) is 6.42 Å². The van der Waals surface area contributed by atoms with E-state index in [1.54, 1.807) is 7.11 Å². The molecule has 3 rings (SSSR count). The van der Waals surface area contributed by atoms with Crippen molar-refractivity contribution >= 4 is 11.4 Å². The molecule has 0 aromatic heterocycles. The smallest absolute Gasteiger partial charge is 0.163 e. The van der Waals surface area contributed by atoms with Crippen molar-refractivity contribution in [3.63, 3.8) is 0 Å². The van der Waals surface area contributed by atoms with E-state index in [1.165, 1.54) is 0 Å². The number of ether oxygens (including phenoxy) is 3. The maximum absolute atomic E-state index is 9.13. The lowest BCUT2D eigenvalue weighted by Crippen LogP contribution is -2.37. The molecule has 0 bridgehead atoms. The summed E-state index contributed by atoms with van der Waals surface area (Å²) < 4.78 is 16.5. The van der Waals surface area contributed by atoms with E-state index in [9.17, 15) is 0 Å². The minimum Gasteiger partial charge on any atom is -0.487 e. The van der Waals surface area contributed by atoms with Gasteiger partial charge in [0.25, 0.3) is 0 Å². The lowest BCUT2D eigenvalue weighted by atomic mass is 10.1. The Morgan fingerprint density at radius 1 is 1.18 bits per heavy atom. The van der Waals surface area contributed by atoms with Crippen LogP contribution in [0, 0.1) is 12.3 Å². The maximum atomic E-state index is 9.13. The van der Waals surface area contributed by atoms with Crippen LogP contribution in [0.4, 0.5) is 11.4 Å². The maximum Gasteiger partial charge on any atom is 0.163 e. The summed E-state index contributed by atoms with van der Waals surface area (Å²) in [5.41, 5.74) is 3.64. The number of nitrogens with one attached hydrogen (secondary N) is 3. The van der Waals surface area contributed by atoms with Crippen molar-refractivity contribution in [3.05, 3.63) is 47.5 Å². The van der Waals surface area contributed by atoms with E-state index < -0.39 is 0 Å². The van der Waals surface area contributed by atoms with Gasteiger partial charge in [-0.25, -0.2) is 0 Å². The largest absolute Gasteiger partial charge is 0.487 e. The monoisotopic (exact) mass is 383 g/mol. The van der Waals surface area contributed by atoms with Gasteiger partial charge in [0, 0.05) is 35.7 Å². The Morgan fingerprint density at radius 2 is 2.00 bits per heavy atom. The van der Waals surface area contributed by atoms with Gasteiger partial charge < -0.3 is 30.0 Å². The van der Waals surface area contributed by atoms with Gasteiger partial charge in [0.2, 0.25) is 0 Å². The fourth-order valence-electron chi connectivity index (χ4n) is 2.94. The van der Waals surface area contributed by atoms with E-state index in [0.29, 0.717) is 31.4 Å². The van der Waals surface area contributed by atoms with E-state index in [-0.39, 0.29) is 19.4 Å². The zero-order valence-corrected chi connectivity index (χ0v) is 15.8. The number of anilines is 2. The molecule has 1 aliphatic rings. The van der Waals surface area contributed by atoms with Crippen LogP contribution in [0.3, 0.4) is 0 Å². The normalized spacial score (nSPS) is 15.1. The summed E-state index contributed by atoms with van der Waals surface area (Å²) in [6, 6.07) is 11.5. The van der Waals surface area contributed by atoms with Gasteiger partial charge >= 0.3 is 0 Å². The third-order valence-electron chi connectivity index (χ3n) is 4.25. The van der Waals surface area contributed by atoms with Crippen LogP contribution in [0.15, 0.2) is 36.4 Å². The molecule has 4 N–H and O–H groups in total. The molecule has 1 unspecified atom stereocenters. The number of fused-ring (bicyclic) bond motifs is 1. The van der Waals surface area contributed by atoms with Crippen LogP contribution in [0.25, 0.3) is 0 Å². The third kappa shape index (κ3) is 4.87. The van der Waals surface area contributed by atoms with Gasteiger partial charge in [-0.1, -0.05) is 12.0 Å². The van der Waals surface area contributed by atoms with E-state index in [1.807, 2.05) is 36.4 Å². The highest BCUT2D eigenvalue weighted by molar-refractivity contribution is 5.64. The number of terminal acetylenes is 1. The van der Waals surface area contributed by atoms with Crippen LogP contribution in [0.5, 0.6) is 11.5 Å². The summed E-state index contributed by atoms with van der Waals surface area (Å²) in [4.78, 5) is 0. The molecule has 1 atom stereocenters. The second-order valence-corrected chi connectivity index (χ2v) is 6.16. The molecule has 0 aliphatic carbocycles. The highest BCUT2D eigenvalue weighted by Crippen LogP contribution is 2.38. The van der Waals surface area contributed by atoms with Crippen LogP contribution < -0.4 is 25.4 Å². The van der Waals surface area contributed by atoms with E-state index in [4.69, 9.17) is 25.7 Å². The van der Waals surface area contributed by atoms with E-state index in [0.717, 1.165) is 22.5 Å². The van der Waals surface area contributed by atoms with Crippen LogP contribution in [-0.4, -0.2) is 45.3 Å². The molecule has 28 heavy (non-hydrogen) atoms. The molecule has 0 spiro atoms. The first-order valence-electron chi connectivity index (χ1n) is 9.09. The Hall–Kier alpha value is -2.92. The number of methoxy groups -OCH3 is 1. The van der Waals surface area contributed by atoms with Crippen molar-refractivity contribution in [1.82, 2.24) is 5.32 Å². The molecule has 7 nitrogen and oxygen atoms in total. The van der Waals surface area contributed by atoms with Gasteiger partial charge in [0.1, 0.15) is 19.4 Å². The fraction of sp³-hybridized carbons (Fsp3) is 0.333. The Balaban J connectivity index is 1.86. The average molecular weight is 383 g/mol. The van der Waals surface area contributed by atoms with Gasteiger partial charge in [0.15, 0.2) is 11.5 Å². The number of aliphatic hydroxyl groups is 1. The second kappa shape index (κ2) is 9.85. The average Bonchev–Trinajstić information content (AvgIpc) is 2.73. The van der Waals surface area contributed by atoms with Crippen molar-refractivity contribution in [2.75, 3.05) is 50.8 Å². The predicted octanol–water partition coefficient (Wildman–Crippen LogP) is 2.15. The van der Waals surface area contributed by atoms with Crippen LogP contribution in [-0.2, 0) is 4.74 Å². The SMILES string of the molecule is C#Cc1cccc(NC2NCNc3cc(OCCOC)c(OCCO)cc32)c1. The molecule has 7 heteroatoms. The topological polar surface area (TPSA) is 84.0 Å². The van der Waals surface area contributed by atoms with Crippen LogP contribution in [0.1, 0.15) is 17.3 Å². The minimum atomic E-state index is -0.145. The lowest BCUT2D eigenvalue weighted by molar-refractivity contribution is 0.141. The van der Waals surface area contributed by atoms with Crippen molar-refractivity contribution in [2.45, 2.75) is 6.17 Å². The molecular formula is C21H25N3O4. The Bertz CT molecular complexity index is 835. The summed E-state index contributed by atoms with van der Waals surface area (Å²) in [5, 5.41) is 19.3. The number of hydrogen-bond acceptors (Lipinski definition) is 7. The molecule has 0 saturated carbocycles. The minimum absolute atomic E-state index is 0.0777. The highest BCUT2D eigenvalue weighted by Gasteiger charge is 2.23. The predicted molar refractivity (Wildman–Crippen MR) is 109 cm³/mol. The summed E-state index contributed by atoms with van der Waals surface area (Å²) >= 11 is 0. The molecule has 148 valence electrons. The first-order chi connectivity index (χ1) is 13.7. The molecule has 1 heterocycles. The molecule has 0 radical (unpaired) electrons. The Labute approximate surface area is 165 Å². The quantitative estimate of drug-likeness (QED) is 0.390. The van der Waals surface area contributed by atoms with Gasteiger partial charge in [-0.3, -0.25) is 5.32 Å². The van der Waals surface area contributed by atoms with Crippen molar-refractivity contribution < 1.29 is 19.3 Å². The molecular weight excluding hydrogens is 358 g/mol. The van der Waals surface area contributed by atoms with Gasteiger partial charge in [0.05, 0.1) is 19.9 Å². The zero-order chi connectivity index (χ0) is 19.8. The van der Waals surface area contributed by atoms with E-state index >= 15 is 0 Å². The molecule has 2 aromatic carbocycles. The van der Waals surface area contributed by atoms with Crippen molar-refractivity contribution in [3.8, 4) is 23.8 Å². The summed E-state index contributed by atoms with van der Waals surface area (Å²) in [5.74, 6) is 3.82. The zero-order valence-electron chi connectivity index (χ0n) is 15.8. The van der Waals surface area contributed by atoms with Crippen LogP contribution >= 0.6 is 0 Å². The Morgan fingerprint density at radius 3 is 2.79 bits per heavy atom. The number of aliphatic hydroxyl groups excluding tert-OH is 1. The lowest BCUT2D eigenvalue weighted by Gasteiger charge is -2.30. The summed E-state index contributed by atoms with van der Waals surface area (Å²) in [7, 11) is 1.62. The summed E-state index contributed by atoms with van der Waals surface area (Å²) in [6.07, 6.45) is 5.35. The first kappa shape index (κ1) is 19.8. The molecule has 0 fully saturated rings. The third-order valence-corrected chi connectivity index (χ3v) is 4.25. The van der Waals surface area contributed by atoms with Gasteiger partial charge in [-0.05, 0) is 24.3 Å². The van der Waals surface area contributed by atoms with Crippen LogP contribution in [0.2, 0.25) is 0 Å². The number of rotatable bonds is 9. The number of benzene rings is 2. The van der Waals surface area contributed by atoms with Crippen molar-refractivity contribution in [2.24, 2.45) is 0 Å². The van der Waals surface area contributed by atoms with Gasteiger partial charge in [-0.2, -0.15) is 0 Å². The standard InChI is InChI=1S/C21H25N3O4/c1-3-15-5-4-6-16(11-15)24-21-17-12-19(27-8-7-25)20(28-10-9-26-2)13-18(17)22-14-23-21/h1,4-6,11-13,21-25H,7-10,14H2,2H3.